The minimum absolute atomic E-state index is 0. The molecule has 162 valence electrons. The van der Waals surface area contributed by atoms with E-state index < -0.39 is 5.69 Å². The molecule has 0 aromatic heterocycles. The van der Waals surface area contributed by atoms with Gasteiger partial charge in [-0.2, -0.15) is 0 Å². The Balaban J connectivity index is 0.00000450. The summed E-state index contributed by atoms with van der Waals surface area (Å²) in [6, 6.07) is 16.0. The van der Waals surface area contributed by atoms with Crippen molar-refractivity contribution in [2.45, 2.75) is 71.1 Å². The van der Waals surface area contributed by atoms with Crippen molar-refractivity contribution < 1.29 is 28.9 Å². The fourth-order valence-electron chi connectivity index (χ4n) is 3.87. The Bertz CT molecular complexity index is 776. The van der Waals surface area contributed by atoms with E-state index in [1.54, 1.807) is 0 Å². The van der Waals surface area contributed by atoms with Crippen molar-refractivity contribution in [2.75, 3.05) is 0 Å². The average molecular weight is 515 g/mol. The largest absolute Gasteiger partial charge is 0.783 e. The van der Waals surface area contributed by atoms with Crippen molar-refractivity contribution in [3.63, 3.8) is 0 Å². The number of para-hydroxylation sites is 1. The van der Waals surface area contributed by atoms with Gasteiger partial charge in [0.25, 0.3) is 0 Å². The number of benzene rings is 2. The van der Waals surface area contributed by atoms with Crippen LogP contribution in [0.1, 0.15) is 77.3 Å². The summed E-state index contributed by atoms with van der Waals surface area (Å²) in [7, 11) is 0. The summed E-state index contributed by atoms with van der Waals surface area (Å²) < 4.78 is 5.99. The molecule has 30 heavy (non-hydrogen) atoms. The molecule has 3 unspecified atom stereocenters. The zero-order valence-corrected chi connectivity index (χ0v) is 24.6. The maximum Gasteiger partial charge on any atom is 0.127 e. The molecule has 0 amide bonds. The van der Waals surface area contributed by atoms with E-state index in [1.165, 1.54) is 16.9 Å². The van der Waals surface area contributed by atoms with Gasteiger partial charge in [0, 0.05) is 24.4 Å². The smallest absolute Gasteiger partial charge is 0.127 e. The van der Waals surface area contributed by atoms with Crippen LogP contribution in [0.25, 0.3) is 0 Å². The van der Waals surface area contributed by atoms with Crippen molar-refractivity contribution in [2.24, 2.45) is 11.8 Å². The van der Waals surface area contributed by atoms with E-state index in [2.05, 4.69) is 53.7 Å². The second kappa shape index (κ2) is 12.8. The third-order valence-corrected chi connectivity index (χ3v) is 8.56. The first-order valence-corrected chi connectivity index (χ1v) is 14.5. The first-order valence-electron chi connectivity index (χ1n) is 10.5. The van der Waals surface area contributed by atoms with E-state index in [0.29, 0.717) is 29.4 Å². The van der Waals surface area contributed by atoms with Gasteiger partial charge in [-0.3, -0.25) is 0 Å². The summed E-state index contributed by atoms with van der Waals surface area (Å²) >= 11 is 6.68. The Morgan fingerprint density at radius 1 is 0.833 bits per heavy atom. The van der Waals surface area contributed by atoms with Crippen LogP contribution in [0.5, 0.6) is 5.75 Å². The van der Waals surface area contributed by atoms with Gasteiger partial charge < -0.3 is 9.42 Å². The van der Waals surface area contributed by atoms with Gasteiger partial charge in [-0.05, 0) is 59.8 Å². The van der Waals surface area contributed by atoms with Crippen LogP contribution in [0, 0.1) is 11.8 Å². The molecule has 2 nitrogen and oxygen atoms in total. The van der Waals surface area contributed by atoms with E-state index in [0.717, 1.165) is 23.3 Å². The molecule has 2 aromatic carbocycles. The Labute approximate surface area is 205 Å². The molecular weight excluding hydrogens is 481 g/mol. The normalized spacial score (nSPS) is 15.4. The predicted octanol–water partition coefficient (Wildman–Crippen LogP) is 7.74. The molecule has 0 radical (unpaired) electrons. The first kappa shape index (κ1) is 27.9. The van der Waals surface area contributed by atoms with Crippen LogP contribution >= 0.6 is 17.1 Å². The van der Waals surface area contributed by atoms with Crippen LogP contribution in [-0.2, 0) is 31.3 Å². The zero-order chi connectivity index (χ0) is 21.6. The van der Waals surface area contributed by atoms with Gasteiger partial charge in [-0.15, -0.1) is 0 Å². The van der Waals surface area contributed by atoms with Crippen molar-refractivity contribution >= 4 is 28.9 Å². The van der Waals surface area contributed by atoms with Gasteiger partial charge in [-0.25, -0.2) is 0 Å². The average Bonchev–Trinajstić information content (AvgIpc) is 2.60. The van der Waals surface area contributed by atoms with E-state index in [1.807, 2.05) is 36.4 Å². The van der Waals surface area contributed by atoms with Gasteiger partial charge in [0.15, 0.2) is 0 Å². The molecule has 0 aliphatic rings. The number of hydrogen-bond donors (Lipinski definition) is 0. The fraction of sp³-hybridized carbons (Fsp3) is 0.500. The second-order valence-corrected chi connectivity index (χ2v) is 14.6. The molecule has 0 spiro atoms. The maximum absolute atomic E-state index is 13.3. The van der Waals surface area contributed by atoms with Crippen LogP contribution in [0.3, 0.4) is 0 Å². The van der Waals surface area contributed by atoms with Crippen LogP contribution in [0.4, 0.5) is 0 Å². The minimum atomic E-state index is -3.34. The minimum Gasteiger partial charge on any atom is -0.783 e. The summed E-state index contributed by atoms with van der Waals surface area (Å²) in [6.45, 7) is 13.3. The molecule has 0 fully saturated rings. The Morgan fingerprint density at radius 3 is 1.87 bits per heavy atom. The quantitative estimate of drug-likeness (QED) is 0.240. The predicted molar refractivity (Wildman–Crippen MR) is 129 cm³/mol. The molecule has 3 atom stereocenters. The molecule has 0 N–H and O–H groups in total. The Morgan fingerprint density at radius 2 is 1.30 bits per heavy atom. The summed E-state index contributed by atoms with van der Waals surface area (Å²) in [5, 5.41) is 0. The van der Waals surface area contributed by atoms with E-state index in [9.17, 15) is 4.89 Å². The van der Waals surface area contributed by atoms with Crippen molar-refractivity contribution in [1.29, 1.82) is 0 Å². The maximum atomic E-state index is 13.3. The Kier molecular flexibility index (Phi) is 11.8. The molecule has 0 aliphatic heterocycles. The van der Waals surface area contributed by atoms with E-state index >= 15 is 0 Å². The number of hydrogen-bond acceptors (Lipinski definition) is 4. The molecule has 2 aromatic rings. The summed E-state index contributed by atoms with van der Waals surface area (Å²) in [5.74, 6) is 2.54. The van der Waals surface area contributed by atoms with Crippen molar-refractivity contribution in [3.05, 3.63) is 59.7 Å². The zero-order valence-electron chi connectivity index (χ0n) is 19.1. The standard InChI is InChI=1S/C24H35O2PS2.Zn/c1-17(2)15-19(5)21-11-7-9-13-23(21)26-27(25,28)29-24-14-10-8-12-22(24)20(6)16-18(3)4;/h7-14,17-20H,15-16H2,1-6H3,(H,25,28);/p-1. The van der Waals surface area contributed by atoms with Crippen LogP contribution in [-0.4, -0.2) is 0 Å². The van der Waals surface area contributed by atoms with Gasteiger partial charge >= 0.3 is 0 Å². The van der Waals surface area contributed by atoms with Crippen LogP contribution < -0.4 is 9.42 Å². The van der Waals surface area contributed by atoms with Crippen LogP contribution in [0.2, 0.25) is 0 Å². The molecule has 0 heterocycles. The molecule has 0 aliphatic carbocycles. The third kappa shape index (κ3) is 8.75. The third-order valence-electron chi connectivity index (χ3n) is 4.97. The van der Waals surface area contributed by atoms with Gasteiger partial charge in [0.2, 0.25) is 0 Å². The topological polar surface area (TPSA) is 32.3 Å². The molecular formula is C24H34O2PS2Zn-. The number of rotatable bonds is 10. The van der Waals surface area contributed by atoms with Crippen molar-refractivity contribution in [3.8, 4) is 5.75 Å². The second-order valence-electron chi connectivity index (χ2n) is 8.77. The fourth-order valence-corrected chi connectivity index (χ4v) is 7.61. The molecule has 0 saturated heterocycles. The van der Waals surface area contributed by atoms with Crippen LogP contribution in [0.15, 0.2) is 53.4 Å². The summed E-state index contributed by atoms with van der Waals surface area (Å²) in [6.07, 6.45) is 2.13. The van der Waals surface area contributed by atoms with E-state index in [-0.39, 0.29) is 19.5 Å². The monoisotopic (exact) mass is 513 g/mol. The molecule has 0 saturated carbocycles. The molecule has 6 heteroatoms. The van der Waals surface area contributed by atoms with Gasteiger partial charge in [0.05, 0.1) is 0 Å². The summed E-state index contributed by atoms with van der Waals surface area (Å²) in [4.78, 5) is 14.3. The SMILES string of the molecule is CC(C)CC(C)c1ccccc1OP([O-])(=S)Sc1ccccc1C(C)CC(C)C.[Zn]. The summed E-state index contributed by atoms with van der Waals surface area (Å²) in [5.41, 5.74) is -1.07. The first-order chi connectivity index (χ1) is 13.6. The van der Waals surface area contributed by atoms with Gasteiger partial charge in [-0.1, -0.05) is 101 Å². The van der Waals surface area contributed by atoms with Crippen molar-refractivity contribution in [1.82, 2.24) is 0 Å². The Hall–Kier alpha value is -0.177. The molecule has 2 rings (SSSR count). The molecule has 0 bridgehead atoms. The van der Waals surface area contributed by atoms with E-state index in [4.69, 9.17) is 16.3 Å². The van der Waals surface area contributed by atoms with Gasteiger partial charge in [0.1, 0.15) is 11.4 Å².